The third kappa shape index (κ3) is 4.26. The van der Waals surface area contributed by atoms with Gasteiger partial charge < -0.3 is 14.8 Å². The molecule has 0 unspecified atom stereocenters. The lowest BCUT2D eigenvalue weighted by molar-refractivity contribution is -0.128. The average molecular weight is 367 g/mol. The molecule has 0 saturated carbocycles. The normalized spacial score (nSPS) is 18.8. The molecule has 3 rings (SSSR count). The highest BCUT2D eigenvalue weighted by Gasteiger charge is 2.35. The topological polar surface area (TPSA) is 47.6 Å². The molecule has 0 aromatic heterocycles. The van der Waals surface area contributed by atoms with Crippen LogP contribution in [0.2, 0.25) is 0 Å². The summed E-state index contributed by atoms with van der Waals surface area (Å²) in [7, 11) is 0. The quantitative estimate of drug-likeness (QED) is 0.844. The molecule has 0 bridgehead atoms. The van der Waals surface area contributed by atoms with Gasteiger partial charge in [0.25, 0.3) is 5.91 Å². The number of ether oxygens (including phenoxy) is 2. The molecular formula is C23H29NO3. The van der Waals surface area contributed by atoms with Gasteiger partial charge in [-0.25, -0.2) is 0 Å². The second-order valence-electron chi connectivity index (χ2n) is 8.13. The highest BCUT2D eigenvalue weighted by molar-refractivity contribution is 5.81. The summed E-state index contributed by atoms with van der Waals surface area (Å²) in [5, 5.41) is 3.16. The summed E-state index contributed by atoms with van der Waals surface area (Å²) in [6.45, 7) is 12.0. The van der Waals surface area contributed by atoms with Crippen LogP contribution in [0, 0.1) is 20.8 Å². The Morgan fingerprint density at radius 2 is 1.93 bits per heavy atom. The van der Waals surface area contributed by atoms with Crippen LogP contribution in [0.4, 0.5) is 0 Å². The monoisotopic (exact) mass is 367 g/mol. The number of carbonyl (C=O) groups is 1. The Kier molecular flexibility index (Phi) is 5.18. The van der Waals surface area contributed by atoms with Gasteiger partial charge in [0.2, 0.25) is 0 Å². The minimum Gasteiger partial charge on any atom is -0.487 e. The van der Waals surface area contributed by atoms with Crippen LogP contribution < -0.4 is 14.8 Å². The molecule has 0 saturated heterocycles. The van der Waals surface area contributed by atoms with E-state index in [0.717, 1.165) is 33.8 Å². The second-order valence-corrected chi connectivity index (χ2v) is 8.13. The Morgan fingerprint density at radius 3 is 2.67 bits per heavy atom. The highest BCUT2D eigenvalue weighted by Crippen LogP contribution is 2.39. The van der Waals surface area contributed by atoms with Crippen LogP contribution in [-0.2, 0) is 4.79 Å². The molecule has 1 heterocycles. The Bertz CT molecular complexity index is 857. The summed E-state index contributed by atoms with van der Waals surface area (Å²) in [5.41, 5.74) is 4.04. The Morgan fingerprint density at radius 1 is 1.22 bits per heavy atom. The number of hydrogen-bond donors (Lipinski definition) is 1. The molecule has 4 nitrogen and oxygen atoms in total. The fraction of sp³-hybridized carbons (Fsp3) is 0.435. The molecule has 0 fully saturated rings. The summed E-state index contributed by atoms with van der Waals surface area (Å²) in [6.07, 6.45) is 0.133. The fourth-order valence-electron chi connectivity index (χ4n) is 3.59. The van der Waals surface area contributed by atoms with E-state index in [2.05, 4.69) is 18.3 Å². The lowest BCUT2D eigenvalue weighted by atomic mass is 9.89. The van der Waals surface area contributed by atoms with Gasteiger partial charge >= 0.3 is 0 Å². The van der Waals surface area contributed by atoms with Gasteiger partial charge in [0.15, 0.2) is 6.10 Å². The van der Waals surface area contributed by atoms with Crippen LogP contribution in [0.3, 0.4) is 0 Å². The van der Waals surface area contributed by atoms with Crippen molar-refractivity contribution in [3.05, 3.63) is 58.7 Å². The zero-order valence-electron chi connectivity index (χ0n) is 17.1. The molecule has 0 radical (unpaired) electrons. The van der Waals surface area contributed by atoms with Gasteiger partial charge in [-0.2, -0.15) is 0 Å². The number of rotatable bonds is 4. The molecule has 0 aliphatic carbocycles. The van der Waals surface area contributed by atoms with Crippen molar-refractivity contribution in [2.24, 2.45) is 0 Å². The number of amides is 1. The van der Waals surface area contributed by atoms with Crippen molar-refractivity contribution >= 4 is 5.91 Å². The van der Waals surface area contributed by atoms with Crippen molar-refractivity contribution in [2.75, 3.05) is 0 Å². The van der Waals surface area contributed by atoms with E-state index in [1.165, 1.54) is 0 Å². The zero-order valence-corrected chi connectivity index (χ0v) is 17.1. The Balaban J connectivity index is 1.75. The molecule has 1 N–H and O–H groups in total. The number of hydrogen-bond acceptors (Lipinski definition) is 3. The molecular weight excluding hydrogens is 338 g/mol. The molecule has 27 heavy (non-hydrogen) atoms. The van der Waals surface area contributed by atoms with E-state index < -0.39 is 6.10 Å². The van der Waals surface area contributed by atoms with Gasteiger partial charge in [0.1, 0.15) is 17.1 Å². The van der Waals surface area contributed by atoms with E-state index in [4.69, 9.17) is 9.47 Å². The van der Waals surface area contributed by atoms with Crippen molar-refractivity contribution < 1.29 is 14.3 Å². The Hall–Kier alpha value is -2.49. The first-order valence-electron chi connectivity index (χ1n) is 9.49. The van der Waals surface area contributed by atoms with Crippen LogP contribution in [0.25, 0.3) is 0 Å². The predicted octanol–water partition coefficient (Wildman–Crippen LogP) is 4.80. The minimum atomic E-state index is -0.581. The first kappa shape index (κ1) is 19.3. The lowest BCUT2D eigenvalue weighted by Gasteiger charge is -2.38. The fourth-order valence-corrected chi connectivity index (χ4v) is 3.59. The largest absolute Gasteiger partial charge is 0.487 e. The maximum absolute atomic E-state index is 12.8. The van der Waals surface area contributed by atoms with Crippen molar-refractivity contribution in [1.82, 2.24) is 5.32 Å². The van der Waals surface area contributed by atoms with Crippen molar-refractivity contribution in [3.63, 3.8) is 0 Å². The summed E-state index contributed by atoms with van der Waals surface area (Å²) < 4.78 is 12.1. The molecule has 1 aliphatic heterocycles. The van der Waals surface area contributed by atoms with Gasteiger partial charge in [-0.3, -0.25) is 4.79 Å². The van der Waals surface area contributed by atoms with E-state index in [1.807, 2.05) is 58.0 Å². The molecule has 2 atom stereocenters. The summed E-state index contributed by atoms with van der Waals surface area (Å²) in [5.74, 6) is 1.48. The third-order valence-electron chi connectivity index (χ3n) is 5.13. The SMILES string of the molecule is Cc1cc(C)c(C)c(O[C@H](C)C(=O)N[C@@H]2CC(C)(C)Oc3ccccc32)c1. The van der Waals surface area contributed by atoms with Crippen molar-refractivity contribution in [1.29, 1.82) is 0 Å². The Labute approximate surface area is 161 Å². The van der Waals surface area contributed by atoms with E-state index in [1.54, 1.807) is 6.92 Å². The first-order chi connectivity index (χ1) is 12.7. The van der Waals surface area contributed by atoms with Crippen LogP contribution in [-0.4, -0.2) is 17.6 Å². The highest BCUT2D eigenvalue weighted by atomic mass is 16.5. The molecule has 144 valence electrons. The third-order valence-corrected chi connectivity index (χ3v) is 5.13. The van der Waals surface area contributed by atoms with E-state index >= 15 is 0 Å². The average Bonchev–Trinajstić information content (AvgIpc) is 2.58. The number of para-hydroxylation sites is 1. The van der Waals surface area contributed by atoms with E-state index in [9.17, 15) is 4.79 Å². The zero-order chi connectivity index (χ0) is 19.8. The summed E-state index contributed by atoms with van der Waals surface area (Å²) >= 11 is 0. The summed E-state index contributed by atoms with van der Waals surface area (Å²) in [6, 6.07) is 11.9. The standard InChI is InChI=1S/C23H29NO3/c1-14-11-15(2)16(3)21(12-14)26-17(4)22(25)24-19-13-23(5,6)27-20-10-8-7-9-18(19)20/h7-12,17,19H,13H2,1-6H3,(H,24,25)/t17-,19-/m1/s1. The number of benzene rings is 2. The smallest absolute Gasteiger partial charge is 0.261 e. The number of carbonyl (C=O) groups excluding carboxylic acids is 1. The van der Waals surface area contributed by atoms with Crippen LogP contribution >= 0.6 is 0 Å². The van der Waals surface area contributed by atoms with Gasteiger partial charge in [0.05, 0.1) is 6.04 Å². The molecule has 2 aromatic carbocycles. The van der Waals surface area contributed by atoms with Crippen molar-refractivity contribution in [3.8, 4) is 11.5 Å². The van der Waals surface area contributed by atoms with Crippen LogP contribution in [0.1, 0.15) is 55.5 Å². The van der Waals surface area contributed by atoms with Crippen LogP contribution in [0.15, 0.2) is 36.4 Å². The van der Waals surface area contributed by atoms with Gasteiger partial charge in [0, 0.05) is 12.0 Å². The number of nitrogens with one attached hydrogen (secondary N) is 1. The van der Waals surface area contributed by atoms with Gasteiger partial charge in [-0.05, 0) is 70.4 Å². The maximum Gasteiger partial charge on any atom is 0.261 e. The number of aryl methyl sites for hydroxylation is 2. The lowest BCUT2D eigenvalue weighted by Crippen LogP contribution is -2.44. The predicted molar refractivity (Wildman–Crippen MR) is 107 cm³/mol. The van der Waals surface area contributed by atoms with Crippen LogP contribution in [0.5, 0.6) is 11.5 Å². The molecule has 2 aromatic rings. The van der Waals surface area contributed by atoms with E-state index in [0.29, 0.717) is 6.42 Å². The molecule has 1 aliphatic rings. The first-order valence-corrected chi connectivity index (χ1v) is 9.49. The number of fused-ring (bicyclic) bond motifs is 1. The van der Waals surface area contributed by atoms with Gasteiger partial charge in [-0.1, -0.05) is 24.3 Å². The maximum atomic E-state index is 12.8. The molecule has 4 heteroatoms. The molecule has 1 amide bonds. The van der Waals surface area contributed by atoms with Crippen molar-refractivity contribution in [2.45, 2.75) is 65.7 Å². The van der Waals surface area contributed by atoms with Gasteiger partial charge in [-0.15, -0.1) is 0 Å². The second kappa shape index (κ2) is 7.26. The minimum absolute atomic E-state index is 0.0937. The summed E-state index contributed by atoms with van der Waals surface area (Å²) in [4.78, 5) is 12.8. The van der Waals surface area contributed by atoms with E-state index in [-0.39, 0.29) is 17.6 Å². The molecule has 0 spiro atoms.